The number of hydrogen-bond donors (Lipinski definition) is 2. The molecule has 1 amide bonds. The molecule has 3 N–H and O–H groups in total. The van der Waals surface area contributed by atoms with Crippen LogP contribution < -0.4 is 11.1 Å². The lowest BCUT2D eigenvalue weighted by Crippen LogP contribution is -2.26. The summed E-state index contributed by atoms with van der Waals surface area (Å²) in [6, 6.07) is 7.38. The van der Waals surface area contributed by atoms with Crippen molar-refractivity contribution in [2.45, 2.75) is 6.54 Å². The van der Waals surface area contributed by atoms with Gasteiger partial charge in [0.25, 0.3) is 0 Å². The maximum Gasteiger partial charge on any atom is 0.248 e. The predicted molar refractivity (Wildman–Crippen MR) is 65.2 cm³/mol. The van der Waals surface area contributed by atoms with Crippen molar-refractivity contribution < 1.29 is 4.79 Å². The summed E-state index contributed by atoms with van der Waals surface area (Å²) in [6.45, 7) is 2.68. The van der Waals surface area contributed by atoms with E-state index < -0.39 is 0 Å². The lowest BCUT2D eigenvalue weighted by Gasteiger charge is -2.10. The molecule has 1 aromatic rings. The Morgan fingerprint density at radius 3 is 2.81 bits per heavy atom. The highest BCUT2D eigenvalue weighted by atomic mass is 16.1. The summed E-state index contributed by atoms with van der Waals surface area (Å²) >= 11 is 0. The number of amides is 1. The molecule has 0 bridgehead atoms. The van der Waals surface area contributed by atoms with Gasteiger partial charge in [0.05, 0.1) is 0 Å². The van der Waals surface area contributed by atoms with Gasteiger partial charge in [-0.3, -0.25) is 4.79 Å². The maximum atomic E-state index is 11.0. The standard InChI is InChI=1S/C12H19N3O/c1-15(2)7-6-14-9-10-4-3-5-11(8-10)12(13)16/h3-5,8,14H,6-7,9H2,1-2H3,(H2,13,16). The lowest BCUT2D eigenvalue weighted by molar-refractivity contribution is 0.1000. The molecule has 0 atom stereocenters. The Balaban J connectivity index is 2.42. The third kappa shape index (κ3) is 4.42. The van der Waals surface area contributed by atoms with E-state index in [-0.39, 0.29) is 5.91 Å². The normalized spacial score (nSPS) is 10.7. The van der Waals surface area contributed by atoms with E-state index in [1.807, 2.05) is 32.3 Å². The molecule has 0 radical (unpaired) electrons. The summed E-state index contributed by atoms with van der Waals surface area (Å²) in [5.41, 5.74) is 6.85. The van der Waals surface area contributed by atoms with Gasteiger partial charge in [-0.05, 0) is 31.8 Å². The number of nitrogens with two attached hydrogens (primary N) is 1. The van der Waals surface area contributed by atoms with Crippen LogP contribution in [0.3, 0.4) is 0 Å². The van der Waals surface area contributed by atoms with Gasteiger partial charge < -0.3 is 16.0 Å². The second-order valence-electron chi connectivity index (χ2n) is 4.04. The Kier molecular flexibility index (Phi) is 4.95. The third-order valence-electron chi connectivity index (χ3n) is 2.28. The number of likely N-dealkylation sites (N-methyl/N-ethyl adjacent to an activating group) is 1. The van der Waals surface area contributed by atoms with Crippen molar-refractivity contribution in [3.8, 4) is 0 Å². The molecule has 0 aliphatic carbocycles. The minimum atomic E-state index is -0.379. The first-order valence-corrected chi connectivity index (χ1v) is 5.34. The molecule has 0 aromatic heterocycles. The van der Waals surface area contributed by atoms with Gasteiger partial charge in [-0.25, -0.2) is 0 Å². The molecule has 1 rings (SSSR count). The second kappa shape index (κ2) is 6.25. The van der Waals surface area contributed by atoms with Crippen LogP contribution in [0.5, 0.6) is 0 Å². The van der Waals surface area contributed by atoms with Gasteiger partial charge in [0.15, 0.2) is 0 Å². The van der Waals surface area contributed by atoms with Crippen molar-refractivity contribution in [2.75, 3.05) is 27.2 Å². The fraction of sp³-hybridized carbons (Fsp3) is 0.417. The zero-order valence-corrected chi connectivity index (χ0v) is 9.86. The van der Waals surface area contributed by atoms with Crippen LogP contribution in [0.1, 0.15) is 15.9 Å². The summed E-state index contributed by atoms with van der Waals surface area (Å²) in [5, 5.41) is 3.31. The van der Waals surface area contributed by atoms with E-state index in [1.54, 1.807) is 6.07 Å². The van der Waals surface area contributed by atoms with Crippen LogP contribution in [-0.4, -0.2) is 38.0 Å². The zero-order valence-electron chi connectivity index (χ0n) is 9.86. The molecule has 88 valence electrons. The summed E-state index contributed by atoms with van der Waals surface area (Å²) in [6.07, 6.45) is 0. The molecule has 0 spiro atoms. The summed E-state index contributed by atoms with van der Waals surface area (Å²) in [5.74, 6) is -0.379. The van der Waals surface area contributed by atoms with E-state index in [0.29, 0.717) is 5.56 Å². The van der Waals surface area contributed by atoms with Gasteiger partial charge in [0, 0.05) is 25.2 Å². The van der Waals surface area contributed by atoms with Gasteiger partial charge in [-0.1, -0.05) is 12.1 Å². The number of hydrogen-bond acceptors (Lipinski definition) is 3. The number of nitrogens with one attached hydrogen (secondary N) is 1. The highest BCUT2D eigenvalue weighted by Gasteiger charge is 2.00. The first-order valence-electron chi connectivity index (χ1n) is 5.34. The molecule has 0 heterocycles. The predicted octanol–water partition coefficient (Wildman–Crippen LogP) is 0.437. The monoisotopic (exact) mass is 221 g/mol. The Hall–Kier alpha value is -1.39. The summed E-state index contributed by atoms with van der Waals surface area (Å²) in [7, 11) is 4.07. The molecular weight excluding hydrogens is 202 g/mol. The molecule has 0 saturated carbocycles. The molecule has 0 aliphatic rings. The molecular formula is C12H19N3O. The van der Waals surface area contributed by atoms with Crippen molar-refractivity contribution in [1.29, 1.82) is 0 Å². The largest absolute Gasteiger partial charge is 0.366 e. The highest BCUT2D eigenvalue weighted by molar-refractivity contribution is 5.92. The average molecular weight is 221 g/mol. The van der Waals surface area contributed by atoms with Crippen LogP contribution in [-0.2, 0) is 6.54 Å². The van der Waals surface area contributed by atoms with Crippen LogP contribution in [0.2, 0.25) is 0 Å². The Morgan fingerprint density at radius 2 is 2.19 bits per heavy atom. The van der Waals surface area contributed by atoms with E-state index >= 15 is 0 Å². The molecule has 0 fully saturated rings. The van der Waals surface area contributed by atoms with Gasteiger partial charge in [0.1, 0.15) is 0 Å². The first kappa shape index (κ1) is 12.7. The average Bonchev–Trinajstić information content (AvgIpc) is 2.24. The second-order valence-corrected chi connectivity index (χ2v) is 4.04. The Bertz CT molecular complexity index is 350. The van der Waals surface area contributed by atoms with Gasteiger partial charge in [-0.2, -0.15) is 0 Å². The van der Waals surface area contributed by atoms with Crippen molar-refractivity contribution >= 4 is 5.91 Å². The van der Waals surface area contributed by atoms with Crippen LogP contribution >= 0.6 is 0 Å². The van der Waals surface area contributed by atoms with Gasteiger partial charge >= 0.3 is 0 Å². The number of primary amides is 1. The number of benzene rings is 1. The molecule has 0 aliphatic heterocycles. The minimum absolute atomic E-state index is 0.379. The van der Waals surface area contributed by atoms with Gasteiger partial charge in [-0.15, -0.1) is 0 Å². The highest BCUT2D eigenvalue weighted by Crippen LogP contribution is 2.04. The van der Waals surface area contributed by atoms with E-state index in [0.717, 1.165) is 25.2 Å². The van der Waals surface area contributed by atoms with Crippen LogP contribution in [0.15, 0.2) is 24.3 Å². The molecule has 0 unspecified atom stereocenters. The van der Waals surface area contributed by atoms with Crippen molar-refractivity contribution in [2.24, 2.45) is 5.73 Å². The van der Waals surface area contributed by atoms with Crippen molar-refractivity contribution in [3.63, 3.8) is 0 Å². The molecule has 1 aromatic carbocycles. The van der Waals surface area contributed by atoms with Crippen molar-refractivity contribution in [3.05, 3.63) is 35.4 Å². The number of carbonyl (C=O) groups excluding carboxylic acids is 1. The molecule has 16 heavy (non-hydrogen) atoms. The fourth-order valence-corrected chi connectivity index (χ4v) is 1.37. The molecule has 0 saturated heterocycles. The number of carbonyl (C=O) groups is 1. The van der Waals surface area contributed by atoms with Gasteiger partial charge in [0.2, 0.25) is 5.91 Å². The minimum Gasteiger partial charge on any atom is -0.366 e. The van der Waals surface area contributed by atoms with E-state index in [9.17, 15) is 4.79 Å². The van der Waals surface area contributed by atoms with Crippen molar-refractivity contribution in [1.82, 2.24) is 10.2 Å². The molecule has 4 nitrogen and oxygen atoms in total. The lowest BCUT2D eigenvalue weighted by atomic mass is 10.1. The van der Waals surface area contributed by atoms with Crippen LogP contribution in [0, 0.1) is 0 Å². The third-order valence-corrected chi connectivity index (χ3v) is 2.28. The maximum absolute atomic E-state index is 11.0. The SMILES string of the molecule is CN(C)CCNCc1cccc(C(N)=O)c1. The summed E-state index contributed by atoms with van der Waals surface area (Å²) in [4.78, 5) is 13.1. The fourth-order valence-electron chi connectivity index (χ4n) is 1.37. The topological polar surface area (TPSA) is 58.4 Å². The Labute approximate surface area is 96.4 Å². The first-order chi connectivity index (χ1) is 7.59. The van der Waals surface area contributed by atoms with E-state index in [1.165, 1.54) is 0 Å². The quantitative estimate of drug-likeness (QED) is 0.685. The number of rotatable bonds is 6. The smallest absolute Gasteiger partial charge is 0.248 e. The zero-order chi connectivity index (χ0) is 12.0. The van der Waals surface area contributed by atoms with Crippen LogP contribution in [0.4, 0.5) is 0 Å². The number of nitrogens with zero attached hydrogens (tertiary/aromatic N) is 1. The Morgan fingerprint density at radius 1 is 1.44 bits per heavy atom. The van der Waals surface area contributed by atoms with E-state index in [4.69, 9.17) is 5.73 Å². The summed E-state index contributed by atoms with van der Waals surface area (Å²) < 4.78 is 0. The van der Waals surface area contributed by atoms with E-state index in [2.05, 4.69) is 10.2 Å². The molecule has 4 heteroatoms. The van der Waals surface area contributed by atoms with Crippen LogP contribution in [0.25, 0.3) is 0 Å².